The van der Waals surface area contributed by atoms with Crippen LogP contribution in [0.3, 0.4) is 0 Å². The van der Waals surface area contributed by atoms with Gasteiger partial charge >= 0.3 is 11.9 Å². The molecule has 0 spiro atoms. The number of carbonyl (C=O) groups is 2. The smallest absolute Gasteiger partial charge is 0.303 e. The molecule has 0 radical (unpaired) electrons. The van der Waals surface area contributed by atoms with E-state index >= 15 is 0 Å². The van der Waals surface area contributed by atoms with Crippen molar-refractivity contribution in [3.05, 3.63) is 0 Å². The summed E-state index contributed by atoms with van der Waals surface area (Å²) in [5, 5.41) is 16.5. The third-order valence-electron chi connectivity index (χ3n) is 5.42. The van der Waals surface area contributed by atoms with Gasteiger partial charge in [-0.2, -0.15) is 0 Å². The van der Waals surface area contributed by atoms with Crippen LogP contribution < -0.4 is 0 Å². The van der Waals surface area contributed by atoms with Crippen LogP contribution in [0.4, 0.5) is 0 Å². The maximum Gasteiger partial charge on any atom is 0.303 e. The maximum absolute atomic E-state index is 10.0. The van der Waals surface area contributed by atoms with Gasteiger partial charge in [-0.1, -0.05) is 100 Å². The molecule has 0 fully saturated rings. The van der Waals surface area contributed by atoms with Gasteiger partial charge in [-0.05, 0) is 52.1 Å². The Morgan fingerprint density at radius 3 is 0.879 bits per heavy atom. The lowest BCUT2D eigenvalue weighted by molar-refractivity contribution is -0.138. The van der Waals surface area contributed by atoms with Crippen LogP contribution in [0.15, 0.2) is 0 Å². The van der Waals surface area contributed by atoms with Crippen molar-refractivity contribution in [2.75, 3.05) is 39.3 Å². The fourth-order valence-electron chi connectivity index (χ4n) is 2.92. The van der Waals surface area contributed by atoms with Gasteiger partial charge in [0.25, 0.3) is 0 Å². The van der Waals surface area contributed by atoms with Crippen LogP contribution in [0.5, 0.6) is 0 Å². The van der Waals surface area contributed by atoms with E-state index in [1.165, 1.54) is 65.0 Å². The molecule has 0 aliphatic heterocycles. The maximum atomic E-state index is 10.0. The zero-order valence-corrected chi connectivity index (χ0v) is 23.6. The second-order valence-electron chi connectivity index (χ2n) is 8.00. The SMILES string of the molecule is CCCCCCC(=O)O.CCCCCCCC(=O)O.CCN(CC)CC.CCN(CC)CC. The number of hydrogen-bond donors (Lipinski definition) is 2. The van der Waals surface area contributed by atoms with E-state index < -0.39 is 11.9 Å². The van der Waals surface area contributed by atoms with Crippen molar-refractivity contribution in [1.82, 2.24) is 9.80 Å². The van der Waals surface area contributed by atoms with Gasteiger partial charge in [-0.25, -0.2) is 0 Å². The first-order chi connectivity index (χ1) is 15.7. The van der Waals surface area contributed by atoms with Crippen LogP contribution in [0, 0.1) is 0 Å². The molecule has 0 bridgehead atoms. The van der Waals surface area contributed by atoms with E-state index in [9.17, 15) is 9.59 Å². The molecule has 0 aliphatic rings. The summed E-state index contributed by atoms with van der Waals surface area (Å²) in [6, 6.07) is 0. The summed E-state index contributed by atoms with van der Waals surface area (Å²) in [5.41, 5.74) is 0. The van der Waals surface area contributed by atoms with Crippen molar-refractivity contribution in [3.63, 3.8) is 0 Å². The quantitative estimate of drug-likeness (QED) is 0.217. The number of nitrogens with zero attached hydrogens (tertiary/aromatic N) is 2. The Hall–Kier alpha value is -1.14. The minimum atomic E-state index is -0.675. The third-order valence-corrected chi connectivity index (χ3v) is 5.42. The summed E-state index contributed by atoms with van der Waals surface area (Å²) in [6.45, 7) is 24.5. The fraction of sp³-hybridized carbons (Fsp3) is 0.926. The molecule has 0 aliphatic carbocycles. The van der Waals surface area contributed by atoms with Crippen molar-refractivity contribution in [2.45, 2.75) is 126 Å². The molecule has 0 saturated heterocycles. The largest absolute Gasteiger partial charge is 0.481 e. The second kappa shape index (κ2) is 35.4. The number of carboxylic acids is 2. The second-order valence-corrected chi connectivity index (χ2v) is 8.00. The molecular weight excluding hydrogens is 416 g/mol. The lowest BCUT2D eigenvalue weighted by Gasteiger charge is -2.13. The van der Waals surface area contributed by atoms with Gasteiger partial charge in [0.05, 0.1) is 0 Å². The van der Waals surface area contributed by atoms with E-state index in [1.807, 2.05) is 0 Å². The first kappa shape index (κ1) is 39.1. The number of carboxylic acid groups (broad SMARTS) is 2. The normalized spacial score (nSPS) is 9.88. The Balaban J connectivity index is -0.000000172. The summed E-state index contributed by atoms with van der Waals surface area (Å²) in [5.74, 6) is -1.34. The van der Waals surface area contributed by atoms with Gasteiger partial charge < -0.3 is 20.0 Å². The van der Waals surface area contributed by atoms with Crippen molar-refractivity contribution in [2.24, 2.45) is 0 Å². The predicted octanol–water partition coefficient (Wildman–Crippen LogP) is 7.17. The van der Waals surface area contributed by atoms with E-state index in [0.29, 0.717) is 12.8 Å². The molecule has 2 N–H and O–H groups in total. The Bertz CT molecular complexity index is 348. The molecule has 0 heterocycles. The highest BCUT2D eigenvalue weighted by atomic mass is 16.4. The molecule has 0 unspecified atom stereocenters. The number of unbranched alkanes of at least 4 members (excludes halogenated alkanes) is 7. The van der Waals surface area contributed by atoms with E-state index in [0.717, 1.165) is 32.1 Å². The van der Waals surface area contributed by atoms with Gasteiger partial charge in [-0.15, -0.1) is 0 Å². The van der Waals surface area contributed by atoms with E-state index in [2.05, 4.69) is 65.2 Å². The van der Waals surface area contributed by atoms with E-state index in [-0.39, 0.29) is 0 Å². The van der Waals surface area contributed by atoms with Crippen LogP contribution in [0.1, 0.15) is 126 Å². The predicted molar refractivity (Wildman–Crippen MR) is 144 cm³/mol. The average molecular weight is 477 g/mol. The molecule has 0 aromatic rings. The fourth-order valence-corrected chi connectivity index (χ4v) is 2.92. The van der Waals surface area contributed by atoms with Crippen molar-refractivity contribution < 1.29 is 19.8 Å². The van der Waals surface area contributed by atoms with Crippen molar-refractivity contribution in [3.8, 4) is 0 Å². The summed E-state index contributed by atoms with van der Waals surface area (Å²) in [7, 11) is 0. The highest BCUT2D eigenvalue weighted by Crippen LogP contribution is 2.04. The molecule has 0 atom stereocenters. The minimum absolute atomic E-state index is 0.333. The molecule has 6 nitrogen and oxygen atoms in total. The van der Waals surface area contributed by atoms with Crippen LogP contribution in [0.25, 0.3) is 0 Å². The Morgan fingerprint density at radius 1 is 0.455 bits per heavy atom. The monoisotopic (exact) mass is 476 g/mol. The first-order valence-corrected chi connectivity index (χ1v) is 13.6. The topological polar surface area (TPSA) is 81.1 Å². The molecule has 202 valence electrons. The minimum Gasteiger partial charge on any atom is -0.481 e. The highest BCUT2D eigenvalue weighted by molar-refractivity contribution is 5.66. The number of rotatable bonds is 17. The lowest BCUT2D eigenvalue weighted by Crippen LogP contribution is -2.21. The molecule has 0 aromatic carbocycles. The highest BCUT2D eigenvalue weighted by Gasteiger charge is 1.95. The average Bonchev–Trinajstić information content (AvgIpc) is 2.80. The lowest BCUT2D eigenvalue weighted by atomic mass is 10.1. The summed E-state index contributed by atoms with van der Waals surface area (Å²) in [6.07, 6.45) is 10.4. The van der Waals surface area contributed by atoms with Crippen molar-refractivity contribution in [1.29, 1.82) is 0 Å². The first-order valence-electron chi connectivity index (χ1n) is 13.6. The molecular formula is C27H60N2O4. The van der Waals surface area contributed by atoms with Gasteiger partial charge in [0, 0.05) is 12.8 Å². The van der Waals surface area contributed by atoms with Gasteiger partial charge in [-0.3, -0.25) is 9.59 Å². The van der Waals surface area contributed by atoms with Crippen LogP contribution in [0.2, 0.25) is 0 Å². The molecule has 0 amide bonds. The summed E-state index contributed by atoms with van der Waals surface area (Å²) >= 11 is 0. The van der Waals surface area contributed by atoms with Crippen molar-refractivity contribution >= 4 is 11.9 Å². The van der Waals surface area contributed by atoms with Crippen LogP contribution >= 0.6 is 0 Å². The molecule has 6 heteroatoms. The molecule has 0 saturated carbocycles. The zero-order chi connectivity index (χ0) is 26.3. The Kier molecular flexibility index (Phi) is 42.0. The van der Waals surface area contributed by atoms with E-state index in [1.54, 1.807) is 0 Å². The van der Waals surface area contributed by atoms with Gasteiger partial charge in [0.15, 0.2) is 0 Å². The van der Waals surface area contributed by atoms with E-state index in [4.69, 9.17) is 10.2 Å². The third kappa shape index (κ3) is 45.1. The molecule has 0 rings (SSSR count). The number of aliphatic carboxylic acids is 2. The zero-order valence-electron chi connectivity index (χ0n) is 23.6. The Morgan fingerprint density at radius 2 is 0.697 bits per heavy atom. The molecule has 0 aromatic heterocycles. The van der Waals surface area contributed by atoms with Gasteiger partial charge in [0.1, 0.15) is 0 Å². The van der Waals surface area contributed by atoms with Crippen LogP contribution in [-0.2, 0) is 9.59 Å². The number of hydrogen-bond acceptors (Lipinski definition) is 4. The summed E-state index contributed by atoms with van der Waals surface area (Å²) < 4.78 is 0. The standard InChI is InChI=1S/C8H16O2.C7H14O2.2C6H15N/c1-2-3-4-5-6-7-8(9)10;1-2-3-4-5-6-7(8)9;2*1-4-7(5-2)6-3/h2-7H2,1H3,(H,9,10);2-6H2,1H3,(H,8,9);2*4-6H2,1-3H3. The summed E-state index contributed by atoms with van der Waals surface area (Å²) in [4.78, 5) is 24.7. The molecule has 33 heavy (non-hydrogen) atoms. The van der Waals surface area contributed by atoms with Crippen LogP contribution in [-0.4, -0.2) is 71.2 Å². The van der Waals surface area contributed by atoms with Gasteiger partial charge in [0.2, 0.25) is 0 Å². The Labute approximate surface area is 207 Å².